The molecule has 0 aliphatic carbocycles. The zero-order chi connectivity index (χ0) is 24.4. The van der Waals surface area contributed by atoms with E-state index in [1.165, 1.54) is 16.0 Å². The number of hydrogen-bond donors (Lipinski definition) is 0. The average Bonchev–Trinajstić information content (AvgIpc) is 3.37. The molecule has 1 unspecified atom stereocenters. The van der Waals surface area contributed by atoms with Gasteiger partial charge in [-0.05, 0) is 47.2 Å². The fourth-order valence-electron chi connectivity index (χ4n) is 5.00. The largest absolute Gasteiger partial charge is 0.339 e. The number of amides is 2. The quantitative estimate of drug-likeness (QED) is 0.447. The lowest BCUT2D eigenvalue weighted by Gasteiger charge is -2.38. The second kappa shape index (κ2) is 10.7. The number of halogens is 2. The molecule has 2 aromatic carbocycles. The second-order valence-corrected chi connectivity index (χ2v) is 10.8. The molecule has 182 valence electrons. The Balaban J connectivity index is 1.18. The molecule has 3 heterocycles. The number of carbonyl (C=O) groups is 2. The van der Waals surface area contributed by atoms with Crippen LogP contribution >= 0.6 is 34.5 Å². The van der Waals surface area contributed by atoms with Gasteiger partial charge in [0.1, 0.15) is 0 Å². The van der Waals surface area contributed by atoms with Crippen molar-refractivity contribution in [2.45, 2.75) is 18.9 Å². The Bertz CT molecular complexity index is 1210. The Morgan fingerprint density at radius 1 is 0.886 bits per heavy atom. The van der Waals surface area contributed by atoms with Crippen LogP contribution in [0.15, 0.2) is 60.0 Å². The summed E-state index contributed by atoms with van der Waals surface area (Å²) in [6, 6.07) is 17.9. The molecule has 2 amide bonds. The number of hydrogen-bond acceptors (Lipinski definition) is 4. The predicted octanol–water partition coefficient (Wildman–Crippen LogP) is 5.38. The van der Waals surface area contributed by atoms with Crippen LogP contribution in [0.2, 0.25) is 10.0 Å². The van der Waals surface area contributed by atoms with E-state index >= 15 is 0 Å². The first kappa shape index (κ1) is 24.3. The number of benzene rings is 2. The Hall–Kier alpha value is -2.38. The maximum absolute atomic E-state index is 13.1. The first-order valence-corrected chi connectivity index (χ1v) is 13.5. The molecule has 2 aliphatic rings. The summed E-state index contributed by atoms with van der Waals surface area (Å²) in [4.78, 5) is 33.5. The minimum atomic E-state index is -0.0822. The molecule has 3 aromatic rings. The highest BCUT2D eigenvalue weighted by Gasteiger charge is 2.31. The van der Waals surface area contributed by atoms with E-state index in [0.29, 0.717) is 48.2 Å². The zero-order valence-electron chi connectivity index (χ0n) is 19.3. The lowest BCUT2D eigenvalue weighted by molar-refractivity contribution is -0.133. The molecule has 8 heteroatoms. The first-order valence-electron chi connectivity index (χ1n) is 11.9. The van der Waals surface area contributed by atoms with E-state index in [1.807, 2.05) is 22.3 Å². The number of thiophene rings is 1. The molecule has 2 aliphatic heterocycles. The third-order valence-electron chi connectivity index (χ3n) is 6.88. The minimum Gasteiger partial charge on any atom is -0.339 e. The summed E-state index contributed by atoms with van der Waals surface area (Å²) in [5.41, 5.74) is 3.16. The predicted molar refractivity (Wildman–Crippen MR) is 141 cm³/mol. The van der Waals surface area contributed by atoms with Gasteiger partial charge in [0.05, 0.1) is 16.1 Å². The van der Waals surface area contributed by atoms with Crippen molar-refractivity contribution in [2.75, 3.05) is 39.3 Å². The van der Waals surface area contributed by atoms with Gasteiger partial charge in [0.15, 0.2) is 0 Å². The maximum atomic E-state index is 13.1. The summed E-state index contributed by atoms with van der Waals surface area (Å²) < 4.78 is 0. The molecule has 5 rings (SSSR count). The fourth-order valence-corrected chi connectivity index (χ4v) is 6.20. The number of rotatable bonds is 5. The van der Waals surface area contributed by atoms with Crippen LogP contribution in [0.5, 0.6) is 0 Å². The van der Waals surface area contributed by atoms with Gasteiger partial charge in [-0.1, -0.05) is 53.5 Å². The molecule has 35 heavy (non-hydrogen) atoms. The van der Waals surface area contributed by atoms with Crippen molar-refractivity contribution in [2.24, 2.45) is 0 Å². The smallest absolute Gasteiger partial charge is 0.254 e. The van der Waals surface area contributed by atoms with E-state index in [2.05, 4.69) is 40.6 Å². The van der Waals surface area contributed by atoms with Crippen LogP contribution in [0, 0.1) is 0 Å². The fraction of sp³-hybridized carbons (Fsp3) is 0.333. The third-order valence-corrected chi connectivity index (χ3v) is 8.62. The molecular formula is C27H27Cl2N3O2S. The molecule has 1 saturated heterocycles. The molecule has 0 spiro atoms. The standard InChI is InChI=1S/C27H27Cl2N3O2S/c28-22-7-6-20(18-23(22)29)27(34)32-15-13-30(14-16-32)25(33)9-12-31-11-8-24-21(10-17-35-24)26(31)19-4-2-1-3-5-19/h1-7,10,17-18,26H,8-9,11-16H2. The molecule has 0 radical (unpaired) electrons. The average molecular weight is 529 g/mol. The van der Waals surface area contributed by atoms with Crippen LogP contribution in [0.1, 0.15) is 38.8 Å². The van der Waals surface area contributed by atoms with Gasteiger partial charge in [-0.15, -0.1) is 11.3 Å². The van der Waals surface area contributed by atoms with E-state index in [4.69, 9.17) is 23.2 Å². The van der Waals surface area contributed by atoms with E-state index < -0.39 is 0 Å². The molecule has 0 N–H and O–H groups in total. The maximum Gasteiger partial charge on any atom is 0.254 e. The molecule has 1 aromatic heterocycles. The van der Waals surface area contributed by atoms with Crippen molar-refractivity contribution in [1.82, 2.24) is 14.7 Å². The normalized spacial score (nSPS) is 18.4. The number of carbonyl (C=O) groups excluding carboxylic acids is 2. The van der Waals surface area contributed by atoms with Crippen LogP contribution < -0.4 is 0 Å². The van der Waals surface area contributed by atoms with Crippen molar-refractivity contribution >= 4 is 46.4 Å². The highest BCUT2D eigenvalue weighted by atomic mass is 35.5. The molecule has 1 fully saturated rings. The summed E-state index contributed by atoms with van der Waals surface area (Å²) in [7, 11) is 0. The highest BCUT2D eigenvalue weighted by Crippen LogP contribution is 2.37. The minimum absolute atomic E-state index is 0.0822. The summed E-state index contributed by atoms with van der Waals surface area (Å²) in [6.45, 7) is 3.78. The third kappa shape index (κ3) is 5.26. The van der Waals surface area contributed by atoms with Crippen molar-refractivity contribution in [1.29, 1.82) is 0 Å². The van der Waals surface area contributed by atoms with E-state index in [0.717, 1.165) is 19.5 Å². The van der Waals surface area contributed by atoms with Crippen molar-refractivity contribution in [3.63, 3.8) is 0 Å². The van der Waals surface area contributed by atoms with Gasteiger partial charge in [0.2, 0.25) is 5.91 Å². The van der Waals surface area contributed by atoms with Crippen LogP contribution in [-0.2, 0) is 11.2 Å². The van der Waals surface area contributed by atoms with E-state index in [-0.39, 0.29) is 17.9 Å². The van der Waals surface area contributed by atoms with Gasteiger partial charge < -0.3 is 9.80 Å². The summed E-state index contributed by atoms with van der Waals surface area (Å²) in [5.74, 6) is 0.0656. The first-order chi connectivity index (χ1) is 17.0. The summed E-state index contributed by atoms with van der Waals surface area (Å²) >= 11 is 13.9. The molecular weight excluding hydrogens is 501 g/mol. The SMILES string of the molecule is O=C(CCN1CCc2sccc2C1c1ccccc1)N1CCN(C(=O)c2ccc(Cl)c(Cl)c2)CC1. The Kier molecular flexibility index (Phi) is 7.44. The van der Waals surface area contributed by atoms with Crippen LogP contribution in [0.4, 0.5) is 0 Å². The van der Waals surface area contributed by atoms with Crippen LogP contribution in [-0.4, -0.2) is 65.8 Å². The highest BCUT2D eigenvalue weighted by molar-refractivity contribution is 7.10. The summed E-state index contributed by atoms with van der Waals surface area (Å²) in [5, 5.41) is 2.97. The van der Waals surface area contributed by atoms with Crippen molar-refractivity contribution in [3.05, 3.63) is 91.6 Å². The lowest BCUT2D eigenvalue weighted by Crippen LogP contribution is -2.51. The van der Waals surface area contributed by atoms with Gasteiger partial charge in [-0.3, -0.25) is 14.5 Å². The Morgan fingerprint density at radius 2 is 1.63 bits per heavy atom. The topological polar surface area (TPSA) is 43.9 Å². The van der Waals surface area contributed by atoms with E-state index in [1.54, 1.807) is 23.1 Å². The molecule has 0 saturated carbocycles. The number of piperazine rings is 1. The number of nitrogens with zero attached hydrogens (tertiary/aromatic N) is 3. The van der Waals surface area contributed by atoms with Gasteiger partial charge in [0, 0.05) is 56.1 Å². The van der Waals surface area contributed by atoms with Crippen LogP contribution in [0.3, 0.4) is 0 Å². The Morgan fingerprint density at radius 3 is 2.37 bits per heavy atom. The molecule has 5 nitrogen and oxygen atoms in total. The van der Waals surface area contributed by atoms with Crippen molar-refractivity contribution in [3.8, 4) is 0 Å². The van der Waals surface area contributed by atoms with Gasteiger partial charge in [0.25, 0.3) is 5.91 Å². The summed E-state index contributed by atoms with van der Waals surface area (Å²) in [6.07, 6.45) is 1.50. The lowest BCUT2D eigenvalue weighted by atomic mass is 9.93. The monoisotopic (exact) mass is 527 g/mol. The van der Waals surface area contributed by atoms with Crippen LogP contribution in [0.25, 0.3) is 0 Å². The second-order valence-electron chi connectivity index (χ2n) is 8.95. The number of fused-ring (bicyclic) bond motifs is 1. The Labute approximate surface area is 219 Å². The van der Waals surface area contributed by atoms with Crippen molar-refractivity contribution < 1.29 is 9.59 Å². The van der Waals surface area contributed by atoms with Gasteiger partial charge in [-0.2, -0.15) is 0 Å². The van der Waals surface area contributed by atoms with E-state index in [9.17, 15) is 9.59 Å². The molecule has 1 atom stereocenters. The van der Waals surface area contributed by atoms with Gasteiger partial charge in [-0.25, -0.2) is 0 Å². The van der Waals surface area contributed by atoms with Gasteiger partial charge >= 0.3 is 0 Å². The zero-order valence-corrected chi connectivity index (χ0v) is 21.7. The molecule has 0 bridgehead atoms.